The van der Waals surface area contributed by atoms with Gasteiger partial charge in [0.15, 0.2) is 0 Å². The highest BCUT2D eigenvalue weighted by Crippen LogP contribution is 2.12. The predicted octanol–water partition coefficient (Wildman–Crippen LogP) is 1.14. The molecule has 1 rings (SSSR count). The lowest BCUT2D eigenvalue weighted by atomic mass is 10.1. The lowest BCUT2D eigenvalue weighted by molar-refractivity contribution is 0.182. The standard InChI is InChI=1S/C11H15F2NO3S/c12-6-1-7-18(16,17)14-8-11(15)9-2-4-10(13)5-3-9/h2-5,11,14-15H,1,6-8H2. The smallest absolute Gasteiger partial charge is 0.211 e. The molecule has 0 heterocycles. The zero-order valence-electron chi connectivity index (χ0n) is 9.64. The average molecular weight is 279 g/mol. The van der Waals surface area contributed by atoms with Crippen molar-refractivity contribution in [3.05, 3.63) is 35.6 Å². The molecule has 0 spiro atoms. The van der Waals surface area contributed by atoms with Crippen LogP contribution in [0.3, 0.4) is 0 Å². The largest absolute Gasteiger partial charge is 0.387 e. The first-order chi connectivity index (χ1) is 8.44. The molecule has 0 amide bonds. The summed E-state index contributed by atoms with van der Waals surface area (Å²) in [6, 6.07) is 5.10. The molecule has 0 radical (unpaired) electrons. The van der Waals surface area contributed by atoms with Crippen molar-refractivity contribution in [1.29, 1.82) is 0 Å². The second-order valence-electron chi connectivity index (χ2n) is 3.78. The van der Waals surface area contributed by atoms with Gasteiger partial charge in [0.1, 0.15) is 5.82 Å². The summed E-state index contributed by atoms with van der Waals surface area (Å²) in [5.74, 6) is -0.755. The second-order valence-corrected chi connectivity index (χ2v) is 5.70. The number of halogens is 2. The maximum absolute atomic E-state index is 12.6. The summed E-state index contributed by atoms with van der Waals surface area (Å²) < 4.78 is 49.3. The van der Waals surface area contributed by atoms with Gasteiger partial charge in [-0.15, -0.1) is 0 Å². The lowest BCUT2D eigenvalue weighted by Gasteiger charge is -2.12. The molecular weight excluding hydrogens is 264 g/mol. The number of sulfonamides is 1. The summed E-state index contributed by atoms with van der Waals surface area (Å²) in [6.45, 7) is -0.929. The van der Waals surface area contributed by atoms with Gasteiger partial charge in [0.2, 0.25) is 10.0 Å². The van der Waals surface area contributed by atoms with Crippen molar-refractivity contribution in [2.24, 2.45) is 0 Å². The second kappa shape index (κ2) is 6.77. The molecule has 7 heteroatoms. The molecule has 0 aromatic heterocycles. The van der Waals surface area contributed by atoms with E-state index >= 15 is 0 Å². The third-order valence-corrected chi connectivity index (χ3v) is 3.73. The Morgan fingerprint density at radius 3 is 2.44 bits per heavy atom. The Kier molecular flexibility index (Phi) is 5.64. The highest BCUT2D eigenvalue weighted by molar-refractivity contribution is 7.89. The molecule has 18 heavy (non-hydrogen) atoms. The fourth-order valence-corrected chi connectivity index (χ4v) is 2.37. The Morgan fingerprint density at radius 2 is 1.89 bits per heavy atom. The van der Waals surface area contributed by atoms with Crippen molar-refractivity contribution < 1.29 is 22.3 Å². The monoisotopic (exact) mass is 279 g/mol. The Morgan fingerprint density at radius 1 is 1.28 bits per heavy atom. The van der Waals surface area contributed by atoms with E-state index in [1.807, 2.05) is 0 Å². The normalized spacial score (nSPS) is 13.5. The molecule has 0 bridgehead atoms. The molecule has 0 aliphatic carbocycles. The molecule has 0 aliphatic rings. The molecule has 0 fully saturated rings. The van der Waals surface area contributed by atoms with Gasteiger partial charge in [0.05, 0.1) is 18.5 Å². The molecule has 1 aromatic carbocycles. The van der Waals surface area contributed by atoms with Crippen LogP contribution in [0.2, 0.25) is 0 Å². The third-order valence-electron chi connectivity index (χ3n) is 2.30. The first-order valence-corrected chi connectivity index (χ1v) is 7.06. The zero-order chi connectivity index (χ0) is 13.6. The first kappa shape index (κ1) is 15.0. The molecule has 1 unspecified atom stereocenters. The quantitative estimate of drug-likeness (QED) is 0.786. The lowest BCUT2D eigenvalue weighted by Crippen LogP contribution is -2.30. The van der Waals surface area contributed by atoms with Crippen molar-refractivity contribution >= 4 is 10.0 Å². The number of benzene rings is 1. The fraction of sp³-hybridized carbons (Fsp3) is 0.455. The Labute approximate surface area is 105 Å². The fourth-order valence-electron chi connectivity index (χ4n) is 1.33. The van der Waals surface area contributed by atoms with Gasteiger partial charge in [-0.25, -0.2) is 17.5 Å². The van der Waals surface area contributed by atoms with Crippen LogP contribution in [0.25, 0.3) is 0 Å². The summed E-state index contributed by atoms with van der Waals surface area (Å²) in [5, 5.41) is 9.68. The summed E-state index contributed by atoms with van der Waals surface area (Å²) >= 11 is 0. The van der Waals surface area contributed by atoms with Crippen molar-refractivity contribution in [1.82, 2.24) is 4.72 Å². The van der Waals surface area contributed by atoms with E-state index in [0.29, 0.717) is 5.56 Å². The van der Waals surface area contributed by atoms with Crippen LogP contribution in [0.1, 0.15) is 18.1 Å². The van der Waals surface area contributed by atoms with Gasteiger partial charge in [-0.3, -0.25) is 4.39 Å². The Bertz CT molecular complexity index is 462. The third kappa shape index (κ3) is 5.07. The molecule has 0 saturated heterocycles. The number of aliphatic hydroxyl groups is 1. The van der Waals surface area contributed by atoms with Gasteiger partial charge in [0.25, 0.3) is 0 Å². The van der Waals surface area contributed by atoms with Crippen LogP contribution >= 0.6 is 0 Å². The molecule has 0 aliphatic heterocycles. The van der Waals surface area contributed by atoms with Crippen LogP contribution in [0.4, 0.5) is 8.78 Å². The van der Waals surface area contributed by atoms with E-state index in [9.17, 15) is 22.3 Å². The Hall–Kier alpha value is -1.05. The van der Waals surface area contributed by atoms with Crippen molar-refractivity contribution in [3.8, 4) is 0 Å². The number of hydrogen-bond donors (Lipinski definition) is 2. The van der Waals surface area contributed by atoms with E-state index in [0.717, 1.165) is 0 Å². The van der Waals surface area contributed by atoms with Gasteiger partial charge >= 0.3 is 0 Å². The molecule has 4 nitrogen and oxygen atoms in total. The molecule has 1 atom stereocenters. The van der Waals surface area contributed by atoms with Gasteiger partial charge in [-0.2, -0.15) is 0 Å². The first-order valence-electron chi connectivity index (χ1n) is 5.41. The SMILES string of the molecule is O=S(=O)(CCCF)NCC(O)c1ccc(F)cc1. The highest BCUT2D eigenvalue weighted by Gasteiger charge is 2.14. The minimum absolute atomic E-state index is 0.0814. The number of aliphatic hydroxyl groups excluding tert-OH is 1. The van der Waals surface area contributed by atoms with E-state index in [1.165, 1.54) is 24.3 Å². The summed E-state index contributed by atoms with van der Waals surface area (Å²) in [7, 11) is -3.58. The van der Waals surface area contributed by atoms with Crippen molar-refractivity contribution in [3.63, 3.8) is 0 Å². The van der Waals surface area contributed by atoms with Crippen LogP contribution in [0, 0.1) is 5.82 Å². The number of alkyl halides is 1. The minimum atomic E-state index is -3.58. The van der Waals surface area contributed by atoms with Crippen molar-refractivity contribution in [2.75, 3.05) is 19.0 Å². The molecule has 0 saturated carbocycles. The van der Waals surface area contributed by atoms with E-state index < -0.39 is 28.6 Å². The Balaban J connectivity index is 2.50. The predicted molar refractivity (Wildman–Crippen MR) is 63.7 cm³/mol. The summed E-state index contributed by atoms with van der Waals surface area (Å²) in [5.41, 5.74) is 0.407. The minimum Gasteiger partial charge on any atom is -0.387 e. The average Bonchev–Trinajstić information content (AvgIpc) is 2.35. The maximum Gasteiger partial charge on any atom is 0.211 e. The number of nitrogens with one attached hydrogen (secondary N) is 1. The van der Waals surface area contributed by atoms with E-state index in [2.05, 4.69) is 4.72 Å². The van der Waals surface area contributed by atoms with E-state index in [4.69, 9.17) is 0 Å². The van der Waals surface area contributed by atoms with Gasteiger partial charge in [-0.1, -0.05) is 12.1 Å². The zero-order valence-corrected chi connectivity index (χ0v) is 10.5. The van der Waals surface area contributed by atoms with Crippen LogP contribution in [0.15, 0.2) is 24.3 Å². The van der Waals surface area contributed by atoms with E-state index in [-0.39, 0.29) is 18.7 Å². The highest BCUT2D eigenvalue weighted by atomic mass is 32.2. The summed E-state index contributed by atoms with van der Waals surface area (Å²) in [6.07, 6.45) is -1.15. The van der Waals surface area contributed by atoms with E-state index in [1.54, 1.807) is 0 Å². The molecular formula is C11H15F2NO3S. The summed E-state index contributed by atoms with van der Waals surface area (Å²) in [4.78, 5) is 0. The number of hydrogen-bond acceptors (Lipinski definition) is 3. The molecule has 102 valence electrons. The number of rotatable bonds is 7. The topological polar surface area (TPSA) is 66.4 Å². The maximum atomic E-state index is 12.6. The van der Waals surface area contributed by atoms with Gasteiger partial charge in [-0.05, 0) is 24.1 Å². The van der Waals surface area contributed by atoms with Crippen LogP contribution < -0.4 is 4.72 Å². The molecule has 1 aromatic rings. The van der Waals surface area contributed by atoms with Gasteiger partial charge in [0, 0.05) is 6.54 Å². The van der Waals surface area contributed by atoms with Gasteiger partial charge < -0.3 is 5.11 Å². The molecule has 2 N–H and O–H groups in total. The van der Waals surface area contributed by atoms with Crippen LogP contribution in [0.5, 0.6) is 0 Å². The van der Waals surface area contributed by atoms with Crippen molar-refractivity contribution in [2.45, 2.75) is 12.5 Å². The van der Waals surface area contributed by atoms with Crippen LogP contribution in [-0.4, -0.2) is 32.5 Å². The van der Waals surface area contributed by atoms with Crippen LogP contribution in [-0.2, 0) is 10.0 Å².